The lowest BCUT2D eigenvalue weighted by atomic mass is 9.86. The first-order chi connectivity index (χ1) is 11.5. The molecule has 138 valence electrons. The molecule has 0 aromatic carbocycles. The Labute approximate surface area is 147 Å². The maximum Gasteiger partial charge on any atom is 0.166 e. The van der Waals surface area contributed by atoms with Crippen molar-refractivity contribution in [3.8, 4) is 0 Å². The Hall–Kier alpha value is -1.40. The third kappa shape index (κ3) is 3.10. The van der Waals surface area contributed by atoms with E-state index in [2.05, 4.69) is 29.6 Å². The van der Waals surface area contributed by atoms with E-state index in [4.69, 9.17) is 10.5 Å². The number of aromatic nitrogens is 3. The van der Waals surface area contributed by atoms with E-state index < -0.39 is 30.9 Å². The van der Waals surface area contributed by atoms with Crippen molar-refractivity contribution in [2.45, 2.75) is 37.9 Å². The van der Waals surface area contributed by atoms with Crippen LogP contribution in [-0.2, 0) is 4.74 Å². The molecule has 2 aromatic heterocycles. The van der Waals surface area contributed by atoms with Crippen molar-refractivity contribution in [3.63, 3.8) is 0 Å². The van der Waals surface area contributed by atoms with Crippen molar-refractivity contribution in [1.82, 2.24) is 14.5 Å². The summed E-state index contributed by atoms with van der Waals surface area (Å²) in [6.45, 7) is 6.88. The van der Waals surface area contributed by atoms with Crippen molar-refractivity contribution < 1.29 is 14.9 Å². The first-order valence-electron chi connectivity index (χ1n) is 8.33. The number of aliphatic hydroxyl groups excluding tert-OH is 2. The van der Waals surface area contributed by atoms with Gasteiger partial charge in [0, 0.05) is 6.20 Å². The minimum atomic E-state index is -1.31. The fourth-order valence-electron chi connectivity index (χ4n) is 3.59. The van der Waals surface area contributed by atoms with E-state index >= 15 is 0 Å². The van der Waals surface area contributed by atoms with Gasteiger partial charge in [0.15, 0.2) is 11.9 Å². The van der Waals surface area contributed by atoms with Crippen LogP contribution in [0.4, 0.5) is 5.69 Å². The molecular formula is C17H27N4O3P. The van der Waals surface area contributed by atoms with Crippen LogP contribution in [0, 0.1) is 5.92 Å². The van der Waals surface area contributed by atoms with Gasteiger partial charge < -0.3 is 20.7 Å². The summed E-state index contributed by atoms with van der Waals surface area (Å²) in [5, 5.41) is 21.4. The summed E-state index contributed by atoms with van der Waals surface area (Å²) in [5.74, 6) is 0.0378. The maximum absolute atomic E-state index is 10.7. The van der Waals surface area contributed by atoms with Crippen molar-refractivity contribution >= 4 is 30.0 Å². The van der Waals surface area contributed by atoms with Gasteiger partial charge in [-0.2, -0.15) is 0 Å². The number of ether oxygens (including phenoxy) is 1. The second-order valence-electron chi connectivity index (χ2n) is 7.87. The molecule has 1 saturated heterocycles. The van der Waals surface area contributed by atoms with E-state index in [1.54, 1.807) is 23.2 Å². The normalized spacial score (nSPS) is 31.5. The Morgan fingerprint density at radius 1 is 1.44 bits per heavy atom. The van der Waals surface area contributed by atoms with E-state index in [1.807, 2.05) is 13.8 Å². The molecule has 0 bridgehead atoms. The molecule has 3 rings (SSSR count). The molecule has 5 atom stereocenters. The molecule has 8 heteroatoms. The zero-order valence-electron chi connectivity index (χ0n) is 15.1. The van der Waals surface area contributed by atoms with E-state index in [1.165, 1.54) is 0 Å². The number of rotatable bonds is 4. The number of imidazole rings is 1. The lowest BCUT2D eigenvalue weighted by molar-refractivity contribution is -0.116. The Kier molecular flexibility index (Phi) is 4.48. The molecule has 0 amide bonds. The van der Waals surface area contributed by atoms with Crippen molar-refractivity contribution in [2.24, 2.45) is 5.92 Å². The first-order valence-corrected chi connectivity index (χ1v) is 11.4. The van der Waals surface area contributed by atoms with Crippen LogP contribution in [-0.4, -0.2) is 68.3 Å². The quantitative estimate of drug-likeness (QED) is 0.706. The molecule has 0 radical (unpaired) electrons. The van der Waals surface area contributed by atoms with Gasteiger partial charge in [0.2, 0.25) is 0 Å². The van der Waals surface area contributed by atoms with E-state index in [0.29, 0.717) is 16.9 Å². The molecule has 1 aliphatic heterocycles. The Morgan fingerprint density at radius 3 is 2.76 bits per heavy atom. The van der Waals surface area contributed by atoms with Crippen LogP contribution in [0.1, 0.15) is 20.1 Å². The van der Waals surface area contributed by atoms with Crippen LogP contribution in [0.2, 0.25) is 0 Å². The number of nitrogens with two attached hydrogens (primary N) is 1. The van der Waals surface area contributed by atoms with E-state index in [-0.39, 0.29) is 5.92 Å². The summed E-state index contributed by atoms with van der Waals surface area (Å²) in [5.41, 5.74) is 6.64. The smallest absolute Gasteiger partial charge is 0.166 e. The SMILES string of the molecule is C=P(C)(C)CC(C)[C@@]1(C)O[C@@H](n2cnc3c(N)ccnc32)[C@H](O)[C@@H]1O. The second-order valence-corrected chi connectivity index (χ2v) is 12.1. The van der Waals surface area contributed by atoms with Gasteiger partial charge in [0.25, 0.3) is 0 Å². The minimum absolute atomic E-state index is 0.0378. The van der Waals surface area contributed by atoms with Crippen LogP contribution in [0.3, 0.4) is 0 Å². The zero-order valence-corrected chi connectivity index (χ0v) is 16.0. The van der Waals surface area contributed by atoms with Gasteiger partial charge in [-0.15, -0.1) is 13.2 Å². The van der Waals surface area contributed by atoms with Gasteiger partial charge in [-0.1, -0.05) is 6.92 Å². The second kappa shape index (κ2) is 6.09. The predicted molar refractivity (Wildman–Crippen MR) is 102 cm³/mol. The summed E-state index contributed by atoms with van der Waals surface area (Å²) < 4.78 is 7.85. The molecular weight excluding hydrogens is 339 g/mol. The lowest BCUT2D eigenvalue weighted by Crippen LogP contribution is -2.46. The van der Waals surface area contributed by atoms with Crippen molar-refractivity contribution in [2.75, 3.05) is 25.2 Å². The summed E-state index contributed by atoms with van der Waals surface area (Å²) in [6.07, 6.45) is 5.37. The van der Waals surface area contributed by atoms with Gasteiger partial charge in [-0.05, 0) is 38.4 Å². The average Bonchev–Trinajstić information content (AvgIpc) is 3.02. The maximum atomic E-state index is 10.7. The van der Waals surface area contributed by atoms with Gasteiger partial charge in [0.05, 0.1) is 17.6 Å². The third-order valence-electron chi connectivity index (χ3n) is 5.09. The minimum Gasteiger partial charge on any atom is -0.397 e. The number of fused-ring (bicyclic) bond motifs is 1. The van der Waals surface area contributed by atoms with Crippen LogP contribution in [0.5, 0.6) is 0 Å². The van der Waals surface area contributed by atoms with Crippen LogP contribution >= 0.6 is 6.89 Å². The predicted octanol–water partition coefficient (Wildman–Crippen LogP) is 1.37. The highest BCUT2D eigenvalue weighted by molar-refractivity contribution is 7.72. The lowest BCUT2D eigenvalue weighted by Gasteiger charge is -2.36. The van der Waals surface area contributed by atoms with E-state index in [9.17, 15) is 10.2 Å². The van der Waals surface area contributed by atoms with Crippen molar-refractivity contribution in [3.05, 3.63) is 18.6 Å². The molecule has 0 spiro atoms. The number of aliphatic hydroxyl groups is 2. The van der Waals surface area contributed by atoms with Gasteiger partial charge in [-0.25, -0.2) is 9.97 Å². The number of nitrogens with zero attached hydrogens (tertiary/aromatic N) is 3. The van der Waals surface area contributed by atoms with Gasteiger partial charge in [0.1, 0.15) is 17.7 Å². The fraction of sp³-hybridized carbons (Fsp3) is 0.588. The first kappa shape index (κ1) is 18.4. The number of hydrogen-bond donors (Lipinski definition) is 3. The fourth-order valence-corrected chi connectivity index (χ4v) is 5.43. The average molecular weight is 366 g/mol. The van der Waals surface area contributed by atoms with E-state index in [0.717, 1.165) is 6.16 Å². The molecule has 1 unspecified atom stereocenters. The van der Waals surface area contributed by atoms with Gasteiger partial charge >= 0.3 is 0 Å². The van der Waals surface area contributed by atoms with Crippen LogP contribution in [0.15, 0.2) is 18.6 Å². The zero-order chi connectivity index (χ0) is 18.6. The highest BCUT2D eigenvalue weighted by Gasteiger charge is 2.54. The Bertz CT molecular complexity index is 832. The Balaban J connectivity index is 1.96. The molecule has 1 fully saturated rings. The third-order valence-corrected chi connectivity index (χ3v) is 6.63. The number of nitrogen functional groups attached to an aromatic ring is 1. The molecule has 0 aliphatic carbocycles. The largest absolute Gasteiger partial charge is 0.397 e. The van der Waals surface area contributed by atoms with Crippen molar-refractivity contribution in [1.29, 1.82) is 0 Å². The summed E-state index contributed by atoms with van der Waals surface area (Å²) in [6, 6.07) is 1.67. The summed E-state index contributed by atoms with van der Waals surface area (Å²) in [7, 11) is 0. The molecule has 4 N–H and O–H groups in total. The number of hydrogen-bond acceptors (Lipinski definition) is 6. The summed E-state index contributed by atoms with van der Waals surface area (Å²) >= 11 is 0. The molecule has 1 aliphatic rings. The molecule has 25 heavy (non-hydrogen) atoms. The standard InChI is InChI=1S/C17H27N4O3P/c1-10(8-25(3,4)5)17(2)14(23)13(22)16(24-17)21-9-20-12-11(18)6-7-19-15(12)21/h6-7,9-10,13-14,16,22-23H,3,8H2,1-2,4-5H3,(H2,18,19)/t10?,13-,14+,16-,17-/m1/s1. The number of anilines is 1. The summed E-state index contributed by atoms with van der Waals surface area (Å²) in [4.78, 5) is 8.57. The van der Waals surface area contributed by atoms with Gasteiger partial charge in [-0.3, -0.25) is 4.57 Å². The topological polar surface area (TPSA) is 106 Å². The van der Waals surface area contributed by atoms with Crippen LogP contribution < -0.4 is 5.73 Å². The highest BCUT2D eigenvalue weighted by atomic mass is 31.2. The van der Waals surface area contributed by atoms with Crippen LogP contribution in [0.25, 0.3) is 11.2 Å². The number of pyridine rings is 1. The molecule has 7 nitrogen and oxygen atoms in total. The monoisotopic (exact) mass is 366 g/mol. The molecule has 3 heterocycles. The highest BCUT2D eigenvalue weighted by Crippen LogP contribution is 2.47. The Morgan fingerprint density at radius 2 is 2.12 bits per heavy atom. The molecule has 0 saturated carbocycles. The molecule has 2 aromatic rings.